The van der Waals surface area contributed by atoms with Gasteiger partial charge < -0.3 is 9.47 Å². The van der Waals surface area contributed by atoms with Gasteiger partial charge in [-0.1, -0.05) is 35.9 Å². The quantitative estimate of drug-likeness (QED) is 0.582. The highest BCUT2D eigenvalue weighted by molar-refractivity contribution is 6.32. The molecule has 2 aromatic carbocycles. The van der Waals surface area contributed by atoms with Crippen LogP contribution in [0.25, 0.3) is 6.08 Å². The first-order valence-corrected chi connectivity index (χ1v) is 8.35. The van der Waals surface area contributed by atoms with Crippen molar-refractivity contribution in [1.29, 1.82) is 0 Å². The highest BCUT2D eigenvalue weighted by Crippen LogP contribution is 2.18. The number of halogens is 2. The van der Waals surface area contributed by atoms with Crippen molar-refractivity contribution in [3.8, 4) is 5.75 Å². The lowest BCUT2D eigenvalue weighted by Gasteiger charge is -2.09. The Balaban J connectivity index is 1.73. The topological polar surface area (TPSA) is 76.7 Å². The van der Waals surface area contributed by atoms with E-state index in [2.05, 4.69) is 10.9 Å². The third kappa shape index (κ3) is 6.63. The molecular formula is C19H18ClFN2O4. The molecule has 2 rings (SSSR count). The lowest BCUT2D eigenvalue weighted by Crippen LogP contribution is -2.41. The summed E-state index contributed by atoms with van der Waals surface area (Å²) in [5.41, 5.74) is 5.65. The van der Waals surface area contributed by atoms with Crippen LogP contribution in [-0.4, -0.2) is 25.7 Å². The summed E-state index contributed by atoms with van der Waals surface area (Å²) in [4.78, 5) is 23.3. The van der Waals surface area contributed by atoms with E-state index in [-0.39, 0.29) is 11.6 Å². The minimum Gasteiger partial charge on any atom is -0.496 e. The van der Waals surface area contributed by atoms with Gasteiger partial charge in [-0.05, 0) is 35.4 Å². The monoisotopic (exact) mass is 392 g/mol. The van der Waals surface area contributed by atoms with Crippen LogP contribution in [0.5, 0.6) is 5.75 Å². The zero-order chi connectivity index (χ0) is 19.6. The number of hydrogen-bond donors (Lipinski definition) is 2. The Kier molecular flexibility index (Phi) is 7.63. The summed E-state index contributed by atoms with van der Waals surface area (Å²) in [6.07, 6.45) is 2.21. The number of carbonyl (C=O) groups excluding carboxylic acids is 2. The minimum absolute atomic E-state index is 0.114. The molecule has 0 bridgehead atoms. The van der Waals surface area contributed by atoms with Gasteiger partial charge in [-0.25, -0.2) is 14.6 Å². The maximum Gasteiger partial charge on any atom is 0.426 e. The van der Waals surface area contributed by atoms with E-state index in [9.17, 15) is 14.0 Å². The Morgan fingerprint density at radius 1 is 1.19 bits per heavy atom. The Hall–Kier alpha value is -3.06. The van der Waals surface area contributed by atoms with Gasteiger partial charge in [-0.3, -0.25) is 10.2 Å². The number of hydrazine groups is 1. The SMILES string of the molecule is COc1ccccc1CCOC(=O)NNC(=O)C=Cc1ccc(F)cc1Cl. The number of nitrogens with one attached hydrogen (secondary N) is 2. The van der Waals surface area contributed by atoms with Crippen LogP contribution in [0.4, 0.5) is 9.18 Å². The summed E-state index contributed by atoms with van der Waals surface area (Å²) >= 11 is 5.85. The normalized spacial score (nSPS) is 10.5. The molecule has 0 saturated heterocycles. The van der Waals surface area contributed by atoms with Gasteiger partial charge in [0.2, 0.25) is 0 Å². The number of rotatable bonds is 6. The second-order valence-electron chi connectivity index (χ2n) is 5.31. The summed E-state index contributed by atoms with van der Waals surface area (Å²) in [6.45, 7) is 0.114. The molecule has 0 aromatic heterocycles. The summed E-state index contributed by atoms with van der Waals surface area (Å²) in [6, 6.07) is 11.2. The summed E-state index contributed by atoms with van der Waals surface area (Å²) in [7, 11) is 1.56. The second-order valence-corrected chi connectivity index (χ2v) is 5.72. The fourth-order valence-corrected chi connectivity index (χ4v) is 2.39. The smallest absolute Gasteiger partial charge is 0.426 e. The predicted octanol–water partition coefficient (Wildman–Crippen LogP) is 3.50. The molecule has 142 valence electrons. The van der Waals surface area contributed by atoms with Crippen molar-refractivity contribution in [3.05, 3.63) is 70.5 Å². The zero-order valence-electron chi connectivity index (χ0n) is 14.5. The molecule has 0 aliphatic carbocycles. The fourth-order valence-electron chi connectivity index (χ4n) is 2.16. The second kappa shape index (κ2) is 10.2. The lowest BCUT2D eigenvalue weighted by atomic mass is 10.1. The molecule has 0 spiro atoms. The molecule has 0 saturated carbocycles. The van der Waals surface area contributed by atoms with Crippen LogP contribution in [0.15, 0.2) is 48.5 Å². The number of benzene rings is 2. The number of para-hydroxylation sites is 1. The van der Waals surface area contributed by atoms with Gasteiger partial charge in [-0.15, -0.1) is 0 Å². The Morgan fingerprint density at radius 3 is 2.70 bits per heavy atom. The summed E-state index contributed by atoms with van der Waals surface area (Å²) in [5.74, 6) is -0.365. The standard InChI is InChI=1S/C19H18ClFN2O4/c1-26-17-5-3-2-4-14(17)10-11-27-19(25)23-22-18(24)9-7-13-6-8-15(21)12-16(13)20/h2-9,12H,10-11H2,1H3,(H,22,24)(H,23,25). The van der Waals surface area contributed by atoms with E-state index in [1.54, 1.807) is 7.11 Å². The molecule has 0 atom stereocenters. The van der Waals surface area contributed by atoms with Gasteiger partial charge in [-0.2, -0.15) is 0 Å². The lowest BCUT2D eigenvalue weighted by molar-refractivity contribution is -0.117. The number of amides is 2. The van der Waals surface area contributed by atoms with Crippen LogP contribution in [0.1, 0.15) is 11.1 Å². The Morgan fingerprint density at radius 2 is 1.96 bits per heavy atom. The molecule has 0 radical (unpaired) electrons. The molecule has 0 fully saturated rings. The average molecular weight is 393 g/mol. The van der Waals surface area contributed by atoms with Gasteiger partial charge >= 0.3 is 6.09 Å². The van der Waals surface area contributed by atoms with Crippen LogP contribution >= 0.6 is 11.6 Å². The van der Waals surface area contributed by atoms with Crippen LogP contribution < -0.4 is 15.6 Å². The first kappa shape index (κ1) is 20.3. The number of ether oxygens (including phenoxy) is 2. The maximum atomic E-state index is 13.0. The molecule has 6 nitrogen and oxygen atoms in total. The van der Waals surface area contributed by atoms with Crippen LogP contribution in [0, 0.1) is 5.82 Å². The van der Waals surface area contributed by atoms with Gasteiger partial charge in [0, 0.05) is 12.5 Å². The fraction of sp³-hybridized carbons (Fsp3) is 0.158. The number of methoxy groups -OCH3 is 1. The van der Waals surface area contributed by atoms with E-state index in [1.165, 1.54) is 18.2 Å². The molecule has 8 heteroatoms. The molecule has 2 aromatic rings. The first-order chi connectivity index (χ1) is 13.0. The van der Waals surface area contributed by atoms with E-state index >= 15 is 0 Å². The summed E-state index contributed by atoms with van der Waals surface area (Å²) < 4.78 is 23.1. The molecule has 0 aliphatic rings. The van der Waals surface area contributed by atoms with E-state index in [0.717, 1.165) is 17.7 Å². The van der Waals surface area contributed by atoms with Gasteiger partial charge in [0.1, 0.15) is 11.6 Å². The number of carbonyl (C=O) groups is 2. The van der Waals surface area contributed by atoms with Gasteiger partial charge in [0.15, 0.2) is 0 Å². The third-order valence-electron chi connectivity index (χ3n) is 3.46. The van der Waals surface area contributed by atoms with E-state index in [0.29, 0.717) is 17.7 Å². The largest absolute Gasteiger partial charge is 0.496 e. The van der Waals surface area contributed by atoms with E-state index < -0.39 is 17.8 Å². The third-order valence-corrected chi connectivity index (χ3v) is 3.79. The van der Waals surface area contributed by atoms with Crippen molar-refractivity contribution in [2.45, 2.75) is 6.42 Å². The van der Waals surface area contributed by atoms with Crippen LogP contribution in [0.3, 0.4) is 0 Å². The first-order valence-electron chi connectivity index (χ1n) is 7.97. The average Bonchev–Trinajstić information content (AvgIpc) is 2.66. The highest BCUT2D eigenvalue weighted by atomic mass is 35.5. The molecular weight excluding hydrogens is 375 g/mol. The Labute approximate surface area is 160 Å². The van der Waals surface area contributed by atoms with Crippen molar-refractivity contribution in [2.75, 3.05) is 13.7 Å². The van der Waals surface area contributed by atoms with Crippen molar-refractivity contribution >= 4 is 29.7 Å². The molecule has 2 amide bonds. The minimum atomic E-state index is -0.800. The van der Waals surface area contributed by atoms with Crippen molar-refractivity contribution < 1.29 is 23.5 Å². The van der Waals surface area contributed by atoms with Gasteiger partial charge in [0.05, 0.1) is 18.7 Å². The van der Waals surface area contributed by atoms with E-state index in [1.807, 2.05) is 24.3 Å². The van der Waals surface area contributed by atoms with Crippen molar-refractivity contribution in [3.63, 3.8) is 0 Å². The summed E-state index contributed by atoms with van der Waals surface area (Å²) in [5, 5.41) is 0.169. The van der Waals surface area contributed by atoms with Gasteiger partial charge in [0.25, 0.3) is 5.91 Å². The van der Waals surface area contributed by atoms with Crippen molar-refractivity contribution in [2.24, 2.45) is 0 Å². The molecule has 0 unspecified atom stereocenters. The zero-order valence-corrected chi connectivity index (χ0v) is 15.3. The molecule has 0 heterocycles. The van der Waals surface area contributed by atoms with Crippen LogP contribution in [0.2, 0.25) is 5.02 Å². The van der Waals surface area contributed by atoms with Crippen molar-refractivity contribution in [1.82, 2.24) is 10.9 Å². The highest BCUT2D eigenvalue weighted by Gasteiger charge is 2.06. The molecule has 2 N–H and O–H groups in total. The number of hydrogen-bond acceptors (Lipinski definition) is 4. The van der Waals surface area contributed by atoms with E-state index in [4.69, 9.17) is 21.1 Å². The Bertz CT molecular complexity index is 842. The predicted molar refractivity (Wildman–Crippen MR) is 99.8 cm³/mol. The molecule has 27 heavy (non-hydrogen) atoms. The molecule has 0 aliphatic heterocycles. The maximum absolute atomic E-state index is 13.0. The van der Waals surface area contributed by atoms with Crippen LogP contribution in [-0.2, 0) is 16.0 Å².